The van der Waals surface area contributed by atoms with Gasteiger partial charge in [-0.2, -0.15) is 4.58 Å². The summed E-state index contributed by atoms with van der Waals surface area (Å²) in [6.45, 7) is 17.3. The molecule has 0 aliphatic carbocycles. The van der Waals surface area contributed by atoms with Crippen LogP contribution in [0, 0.1) is 11.3 Å². The average Bonchev–Trinajstić information content (AvgIpc) is 2.94. The van der Waals surface area contributed by atoms with Crippen LogP contribution in [0.25, 0.3) is 0 Å². The third-order valence-corrected chi connectivity index (χ3v) is 7.49. The van der Waals surface area contributed by atoms with E-state index >= 15 is 0 Å². The third-order valence-electron chi connectivity index (χ3n) is 6.31. The third kappa shape index (κ3) is 3.45. The van der Waals surface area contributed by atoms with Crippen LogP contribution in [-0.4, -0.2) is 27.2 Å². The molecule has 2 aliphatic rings. The molecule has 2 nitrogen and oxygen atoms in total. The van der Waals surface area contributed by atoms with Gasteiger partial charge >= 0.3 is 0 Å². The Morgan fingerprint density at radius 3 is 2.59 bits per heavy atom. The number of rotatable bonds is 6. The fraction of sp³-hybridized carbons (Fsp3) is 0.542. The first-order valence-electron chi connectivity index (χ1n) is 10.2. The number of allylic oxidation sites excluding steroid dienone is 2. The fourth-order valence-corrected chi connectivity index (χ4v) is 6.30. The van der Waals surface area contributed by atoms with Crippen molar-refractivity contribution < 1.29 is 9.31 Å². The minimum absolute atomic E-state index is 0.0670. The summed E-state index contributed by atoms with van der Waals surface area (Å²) in [6, 6.07) is 11.1. The van der Waals surface area contributed by atoms with Gasteiger partial charge < -0.3 is 4.74 Å². The Morgan fingerprint density at radius 1 is 1.30 bits per heavy atom. The molecule has 0 aromatic heterocycles. The second-order valence-corrected chi connectivity index (χ2v) is 9.60. The van der Waals surface area contributed by atoms with Crippen molar-refractivity contribution in [2.24, 2.45) is 11.3 Å². The van der Waals surface area contributed by atoms with E-state index in [0.717, 1.165) is 25.0 Å². The smallest absolute Gasteiger partial charge is 0.259 e. The molecule has 3 heteroatoms. The number of hydrogen-bond acceptors (Lipinski definition) is 2. The van der Waals surface area contributed by atoms with Gasteiger partial charge in [-0.1, -0.05) is 68.1 Å². The fourth-order valence-electron chi connectivity index (χ4n) is 5.00. The van der Waals surface area contributed by atoms with Gasteiger partial charge in [-0.15, -0.1) is 13.2 Å². The first-order valence-corrected chi connectivity index (χ1v) is 11.1. The monoisotopic (exact) mass is 384 g/mol. The molecule has 1 aromatic rings. The van der Waals surface area contributed by atoms with E-state index in [9.17, 15) is 0 Å². The van der Waals surface area contributed by atoms with Crippen molar-refractivity contribution in [1.82, 2.24) is 0 Å². The summed E-state index contributed by atoms with van der Waals surface area (Å²) < 4.78 is 9.23. The molecule has 0 radical (unpaired) electrons. The van der Waals surface area contributed by atoms with Crippen molar-refractivity contribution >= 4 is 16.8 Å². The van der Waals surface area contributed by atoms with E-state index in [1.54, 1.807) is 0 Å². The number of benzene rings is 1. The normalized spacial score (nSPS) is 30.7. The summed E-state index contributed by atoms with van der Waals surface area (Å²) in [7, 11) is 0. The topological polar surface area (TPSA) is 12.2 Å². The van der Waals surface area contributed by atoms with Crippen molar-refractivity contribution in [2.75, 3.05) is 5.75 Å². The highest BCUT2D eigenvalue weighted by atomic mass is 32.2. The Bertz CT molecular complexity index is 723. The van der Waals surface area contributed by atoms with Crippen molar-refractivity contribution in [3.05, 3.63) is 61.2 Å². The molecule has 0 amide bonds. The van der Waals surface area contributed by atoms with Gasteiger partial charge in [0, 0.05) is 17.7 Å². The number of nitrogens with zero attached hydrogens (tertiary/aromatic N) is 1. The summed E-state index contributed by atoms with van der Waals surface area (Å²) in [4.78, 5) is 0. The Kier molecular flexibility index (Phi) is 6.02. The zero-order valence-corrected chi connectivity index (χ0v) is 18.1. The van der Waals surface area contributed by atoms with Crippen LogP contribution < -0.4 is 0 Å². The van der Waals surface area contributed by atoms with Crippen LogP contribution in [0.15, 0.2) is 55.6 Å². The minimum atomic E-state index is -0.229. The molecule has 2 aliphatic heterocycles. The zero-order chi connectivity index (χ0) is 19.7. The lowest BCUT2D eigenvalue weighted by Gasteiger charge is -2.40. The van der Waals surface area contributed by atoms with Crippen molar-refractivity contribution in [1.29, 1.82) is 0 Å². The Morgan fingerprint density at radius 2 is 2.00 bits per heavy atom. The summed E-state index contributed by atoms with van der Waals surface area (Å²) >= 11 is 1.99. The van der Waals surface area contributed by atoms with Crippen LogP contribution in [0.1, 0.15) is 58.6 Å². The predicted molar refractivity (Wildman–Crippen MR) is 117 cm³/mol. The van der Waals surface area contributed by atoms with Crippen molar-refractivity contribution in [3.63, 3.8) is 0 Å². The predicted octanol–water partition coefficient (Wildman–Crippen LogP) is 6.21. The van der Waals surface area contributed by atoms with Crippen LogP contribution in [0.3, 0.4) is 0 Å². The van der Waals surface area contributed by atoms with Gasteiger partial charge in [0.15, 0.2) is 0 Å². The van der Waals surface area contributed by atoms with E-state index in [1.165, 1.54) is 10.6 Å². The second kappa shape index (κ2) is 7.97. The highest BCUT2D eigenvalue weighted by Gasteiger charge is 2.60. The van der Waals surface area contributed by atoms with E-state index in [1.807, 2.05) is 11.8 Å². The Balaban J connectivity index is 2.25. The summed E-state index contributed by atoms with van der Waals surface area (Å²) in [6.07, 6.45) is 7.51. The molecular weight excluding hydrogens is 350 g/mol. The molecule has 0 spiro atoms. The molecule has 0 N–H and O–H groups in total. The van der Waals surface area contributed by atoms with Gasteiger partial charge in [-0.3, -0.25) is 0 Å². The molecule has 1 saturated heterocycles. The van der Waals surface area contributed by atoms with E-state index in [0.29, 0.717) is 5.92 Å². The zero-order valence-electron chi connectivity index (χ0n) is 17.3. The lowest BCUT2D eigenvalue weighted by Crippen LogP contribution is -2.47. The summed E-state index contributed by atoms with van der Waals surface area (Å²) in [5.41, 5.74) is 1.17. The van der Waals surface area contributed by atoms with Gasteiger partial charge in [0.05, 0.1) is 5.41 Å². The lowest BCUT2D eigenvalue weighted by molar-refractivity contribution is -0.612. The van der Waals surface area contributed by atoms with Gasteiger partial charge in [0.1, 0.15) is 5.60 Å². The van der Waals surface area contributed by atoms with Gasteiger partial charge in [-0.25, -0.2) is 0 Å². The van der Waals surface area contributed by atoms with E-state index in [-0.39, 0.29) is 23.3 Å². The molecule has 3 rings (SSSR count). The van der Waals surface area contributed by atoms with Gasteiger partial charge in [-0.05, 0) is 32.6 Å². The standard InChI is InChI=1S/C24H34NOS/c1-7-16-24(18(4)8-2)17-15-20-25(22(24)27-9-3)21(23(5,6)26-20)19-13-11-10-12-14-19/h7-8,10-14,18,20-21H,1-2,9,15-17H2,3-6H3/q+1/t18-,20?,21+,24+/m0/s1. The van der Waals surface area contributed by atoms with E-state index < -0.39 is 0 Å². The molecule has 27 heavy (non-hydrogen) atoms. The minimum Gasteiger partial charge on any atom is -0.308 e. The number of ether oxygens (including phenoxy) is 1. The maximum Gasteiger partial charge on any atom is 0.259 e. The largest absolute Gasteiger partial charge is 0.308 e. The van der Waals surface area contributed by atoms with Gasteiger partial charge in [0.2, 0.25) is 11.1 Å². The molecule has 1 fully saturated rings. The maximum absolute atomic E-state index is 6.62. The Labute approximate surface area is 169 Å². The first-order chi connectivity index (χ1) is 12.9. The van der Waals surface area contributed by atoms with Crippen LogP contribution in [0.5, 0.6) is 0 Å². The molecule has 1 unspecified atom stereocenters. The molecule has 0 bridgehead atoms. The van der Waals surface area contributed by atoms with Crippen LogP contribution >= 0.6 is 11.8 Å². The highest BCUT2D eigenvalue weighted by molar-refractivity contribution is 8.13. The summed E-state index contributed by atoms with van der Waals surface area (Å²) in [5, 5.41) is 1.47. The quantitative estimate of drug-likeness (QED) is 0.427. The summed E-state index contributed by atoms with van der Waals surface area (Å²) in [5.74, 6) is 1.45. The molecule has 146 valence electrons. The number of hydrogen-bond donors (Lipinski definition) is 0. The van der Waals surface area contributed by atoms with Crippen LogP contribution in [0.4, 0.5) is 0 Å². The first kappa shape index (κ1) is 20.4. The van der Waals surface area contributed by atoms with Gasteiger partial charge in [0.25, 0.3) is 6.23 Å². The lowest BCUT2D eigenvalue weighted by atomic mass is 9.69. The average molecular weight is 385 g/mol. The molecule has 1 aromatic carbocycles. The second-order valence-electron chi connectivity index (χ2n) is 8.35. The maximum atomic E-state index is 6.62. The van der Waals surface area contributed by atoms with Crippen molar-refractivity contribution in [2.45, 2.75) is 64.8 Å². The van der Waals surface area contributed by atoms with E-state index in [2.05, 4.69) is 87.9 Å². The molecular formula is C24H34NOS+. The molecule has 4 atom stereocenters. The van der Waals surface area contributed by atoms with Crippen molar-refractivity contribution in [3.8, 4) is 0 Å². The molecule has 2 heterocycles. The highest BCUT2D eigenvalue weighted by Crippen LogP contribution is 2.52. The van der Waals surface area contributed by atoms with Crippen LogP contribution in [-0.2, 0) is 4.74 Å². The SMILES string of the molecule is C=CC[C@]1([C@@H](C)C=C)CCC2OC(C)(C)[C@@H](c3ccccc3)[N+]2=C1SCC. The number of thioether (sulfide) groups is 1. The Hall–Kier alpha value is -1.32. The van der Waals surface area contributed by atoms with Crippen LogP contribution in [0.2, 0.25) is 0 Å². The van der Waals surface area contributed by atoms with E-state index in [4.69, 9.17) is 4.74 Å². The molecule has 0 saturated carbocycles. The number of fused-ring (bicyclic) bond motifs is 1.